The number of nitrogens with one attached hydrogen (secondary N) is 1. The molecule has 22 heavy (non-hydrogen) atoms. The quantitative estimate of drug-likeness (QED) is 0.820. The van der Waals surface area contributed by atoms with Gasteiger partial charge in [-0.05, 0) is 25.3 Å². The normalized spacial score (nSPS) is 10.7. The van der Waals surface area contributed by atoms with Gasteiger partial charge in [-0.1, -0.05) is 29.4 Å². The van der Waals surface area contributed by atoms with Crippen molar-refractivity contribution < 1.29 is 9.18 Å². The van der Waals surface area contributed by atoms with Crippen LogP contribution < -0.4 is 5.32 Å². The van der Waals surface area contributed by atoms with Crippen LogP contribution in [0.25, 0.3) is 0 Å². The fourth-order valence-corrected chi connectivity index (χ4v) is 2.83. The fourth-order valence-electron chi connectivity index (χ4n) is 2.02. The van der Waals surface area contributed by atoms with E-state index in [1.165, 1.54) is 23.9 Å². The molecule has 8 heteroatoms. The molecule has 118 valence electrons. The topological polar surface area (TPSA) is 59.8 Å². The number of halogens is 2. The minimum Gasteiger partial charge on any atom is -0.349 e. The summed E-state index contributed by atoms with van der Waals surface area (Å²) in [5.41, 5.74) is 0.198. The molecule has 0 atom stereocenters. The molecule has 0 saturated carbocycles. The van der Waals surface area contributed by atoms with E-state index in [1.54, 1.807) is 6.07 Å². The molecule has 0 aliphatic heterocycles. The van der Waals surface area contributed by atoms with Gasteiger partial charge in [0.05, 0.1) is 13.0 Å². The Morgan fingerprint density at radius 1 is 1.45 bits per heavy atom. The number of carbonyl (C=O) groups excluding carboxylic acids is 1. The Kier molecular flexibility index (Phi) is 5.79. The van der Waals surface area contributed by atoms with E-state index in [0.717, 1.165) is 5.16 Å². The molecule has 0 aliphatic rings. The molecule has 0 unspecified atom stereocenters. The Balaban J connectivity index is 2.00. The van der Waals surface area contributed by atoms with E-state index >= 15 is 0 Å². The van der Waals surface area contributed by atoms with Gasteiger partial charge in [-0.25, -0.2) is 4.39 Å². The summed E-state index contributed by atoms with van der Waals surface area (Å²) >= 11 is 7.40. The number of hydrogen-bond donors (Lipinski definition) is 1. The Morgan fingerprint density at radius 2 is 2.23 bits per heavy atom. The molecule has 2 aromatic rings. The van der Waals surface area contributed by atoms with Crippen molar-refractivity contribution in [3.05, 3.63) is 40.4 Å². The lowest BCUT2D eigenvalue weighted by atomic mass is 10.1. The third-order valence-corrected chi connectivity index (χ3v) is 4.16. The van der Waals surface area contributed by atoms with Crippen molar-refractivity contribution in [3.8, 4) is 0 Å². The third kappa shape index (κ3) is 3.78. The lowest BCUT2D eigenvalue weighted by Gasteiger charge is -2.09. The summed E-state index contributed by atoms with van der Waals surface area (Å²) in [6.45, 7) is 2.94. The first-order chi connectivity index (χ1) is 10.6. The molecule has 1 N–H and O–H groups in total. The second-order valence-electron chi connectivity index (χ2n) is 4.50. The van der Waals surface area contributed by atoms with Crippen LogP contribution in [0.1, 0.15) is 18.3 Å². The zero-order valence-corrected chi connectivity index (χ0v) is 13.8. The second kappa shape index (κ2) is 7.60. The van der Waals surface area contributed by atoms with E-state index in [0.29, 0.717) is 12.4 Å². The van der Waals surface area contributed by atoms with Gasteiger partial charge in [0.1, 0.15) is 5.82 Å². The molecule has 1 heterocycles. The highest BCUT2D eigenvalue weighted by molar-refractivity contribution is 7.98. The lowest BCUT2D eigenvalue weighted by Crippen LogP contribution is -2.26. The van der Waals surface area contributed by atoms with Crippen molar-refractivity contribution >= 4 is 29.3 Å². The smallest absolute Gasteiger partial charge is 0.224 e. The minimum atomic E-state index is -0.482. The molecule has 0 bridgehead atoms. The van der Waals surface area contributed by atoms with E-state index < -0.39 is 5.82 Å². The van der Waals surface area contributed by atoms with Crippen molar-refractivity contribution in [1.29, 1.82) is 0 Å². The van der Waals surface area contributed by atoms with Crippen molar-refractivity contribution in [2.75, 3.05) is 6.26 Å². The van der Waals surface area contributed by atoms with Crippen molar-refractivity contribution in [1.82, 2.24) is 20.1 Å². The predicted octanol–water partition coefficient (Wildman–Crippen LogP) is 2.67. The number of nitrogens with zero attached hydrogens (tertiary/aromatic N) is 3. The molecule has 0 radical (unpaired) electrons. The first-order valence-electron chi connectivity index (χ1n) is 6.72. The monoisotopic (exact) mass is 342 g/mol. The highest BCUT2D eigenvalue weighted by Gasteiger charge is 2.14. The Hall–Kier alpha value is -1.60. The highest BCUT2D eigenvalue weighted by Crippen LogP contribution is 2.19. The Labute approximate surface area is 137 Å². The molecule has 1 aromatic heterocycles. The van der Waals surface area contributed by atoms with Crippen LogP contribution in [0.2, 0.25) is 5.02 Å². The molecule has 0 fully saturated rings. The van der Waals surface area contributed by atoms with Gasteiger partial charge in [0.15, 0.2) is 11.0 Å². The first kappa shape index (κ1) is 16.8. The van der Waals surface area contributed by atoms with E-state index in [1.807, 2.05) is 17.7 Å². The first-order valence-corrected chi connectivity index (χ1v) is 8.32. The number of amides is 1. The van der Waals surface area contributed by atoms with Crippen LogP contribution in [0.5, 0.6) is 0 Å². The van der Waals surface area contributed by atoms with Gasteiger partial charge in [-0.2, -0.15) is 0 Å². The van der Waals surface area contributed by atoms with Gasteiger partial charge in [-0.3, -0.25) is 4.79 Å². The van der Waals surface area contributed by atoms with Crippen LogP contribution in [0.4, 0.5) is 4.39 Å². The molecule has 5 nitrogen and oxygen atoms in total. The number of carbonyl (C=O) groups is 1. The largest absolute Gasteiger partial charge is 0.349 e. The van der Waals surface area contributed by atoms with Crippen LogP contribution in [-0.4, -0.2) is 26.9 Å². The van der Waals surface area contributed by atoms with Crippen LogP contribution in [-0.2, 0) is 24.3 Å². The minimum absolute atomic E-state index is 0.110. The van der Waals surface area contributed by atoms with Gasteiger partial charge in [0.25, 0.3) is 0 Å². The maximum Gasteiger partial charge on any atom is 0.224 e. The Morgan fingerprint density at radius 3 is 2.86 bits per heavy atom. The summed E-state index contributed by atoms with van der Waals surface area (Å²) in [5, 5.41) is 11.8. The lowest BCUT2D eigenvalue weighted by molar-refractivity contribution is -0.120. The zero-order valence-electron chi connectivity index (χ0n) is 12.3. The zero-order chi connectivity index (χ0) is 16.1. The van der Waals surface area contributed by atoms with Crippen LogP contribution >= 0.6 is 23.4 Å². The molecule has 1 amide bonds. The van der Waals surface area contributed by atoms with Gasteiger partial charge < -0.3 is 9.88 Å². The molecule has 0 aliphatic carbocycles. The van der Waals surface area contributed by atoms with E-state index in [2.05, 4.69) is 15.5 Å². The molecular formula is C14H16ClFN4OS. The summed E-state index contributed by atoms with van der Waals surface area (Å²) in [6, 6.07) is 4.35. The average molecular weight is 343 g/mol. The molecule has 2 rings (SSSR count). The summed E-state index contributed by atoms with van der Waals surface area (Å²) in [4.78, 5) is 12.0. The van der Waals surface area contributed by atoms with Gasteiger partial charge in [-0.15, -0.1) is 10.2 Å². The number of benzene rings is 1. The average Bonchev–Trinajstić information content (AvgIpc) is 2.91. The maximum absolute atomic E-state index is 13.6. The predicted molar refractivity (Wildman–Crippen MR) is 84.4 cm³/mol. The Bertz CT molecular complexity index is 657. The van der Waals surface area contributed by atoms with Crippen LogP contribution in [0.3, 0.4) is 0 Å². The number of thioether (sulfide) groups is 1. The summed E-state index contributed by atoms with van der Waals surface area (Å²) < 4.78 is 15.6. The van der Waals surface area contributed by atoms with E-state index in [-0.39, 0.29) is 29.5 Å². The second-order valence-corrected chi connectivity index (χ2v) is 5.68. The molecular weight excluding hydrogens is 327 g/mol. The third-order valence-electron chi connectivity index (χ3n) is 3.13. The van der Waals surface area contributed by atoms with Crippen LogP contribution in [0, 0.1) is 5.82 Å². The number of hydrogen-bond acceptors (Lipinski definition) is 4. The number of rotatable bonds is 6. The van der Waals surface area contributed by atoms with Crippen molar-refractivity contribution in [3.63, 3.8) is 0 Å². The standard InChI is InChI=1S/C14H16ClFN4OS/c1-3-20-12(18-19-14(20)22-2)8-17-13(21)7-9-10(15)5-4-6-11(9)16/h4-6H,3,7-8H2,1-2H3,(H,17,21). The molecule has 1 aromatic carbocycles. The molecule has 0 saturated heterocycles. The van der Waals surface area contributed by atoms with Crippen LogP contribution in [0.15, 0.2) is 23.4 Å². The summed E-state index contributed by atoms with van der Waals surface area (Å²) in [6.07, 6.45) is 1.81. The molecule has 0 spiro atoms. The van der Waals surface area contributed by atoms with Gasteiger partial charge >= 0.3 is 0 Å². The van der Waals surface area contributed by atoms with E-state index in [4.69, 9.17) is 11.6 Å². The summed E-state index contributed by atoms with van der Waals surface area (Å²) in [7, 11) is 0. The van der Waals surface area contributed by atoms with Gasteiger partial charge in [0.2, 0.25) is 5.91 Å². The number of aromatic nitrogens is 3. The summed E-state index contributed by atoms with van der Waals surface area (Å²) in [5.74, 6) is -0.132. The van der Waals surface area contributed by atoms with Crippen molar-refractivity contribution in [2.24, 2.45) is 0 Å². The maximum atomic E-state index is 13.6. The van der Waals surface area contributed by atoms with Gasteiger partial charge in [0, 0.05) is 17.1 Å². The van der Waals surface area contributed by atoms with Crippen molar-refractivity contribution in [2.45, 2.75) is 31.6 Å². The highest BCUT2D eigenvalue weighted by atomic mass is 35.5. The SMILES string of the molecule is CCn1c(CNC(=O)Cc2c(F)cccc2Cl)nnc1SC. The van der Waals surface area contributed by atoms with E-state index in [9.17, 15) is 9.18 Å². The fraction of sp³-hybridized carbons (Fsp3) is 0.357.